The molecular formula is C23H29FN2O. The second kappa shape index (κ2) is 8.12. The van der Waals surface area contributed by atoms with Gasteiger partial charge in [0, 0.05) is 13.6 Å². The van der Waals surface area contributed by atoms with Gasteiger partial charge in [-0.15, -0.1) is 0 Å². The van der Waals surface area contributed by atoms with Gasteiger partial charge in [0.25, 0.3) is 0 Å². The van der Waals surface area contributed by atoms with Gasteiger partial charge in [-0.1, -0.05) is 43.3 Å². The van der Waals surface area contributed by atoms with Gasteiger partial charge < -0.3 is 10.2 Å². The van der Waals surface area contributed by atoms with Crippen LogP contribution in [0.15, 0.2) is 48.5 Å². The predicted molar refractivity (Wildman–Crippen MR) is 107 cm³/mol. The minimum Gasteiger partial charge on any atom is -0.341 e. The number of aryl methyl sites for hydroxylation is 2. The standard InChI is InChI=1S/C23H29FN2O/c1-17-16-20(24)11-12-21(17)23(14-13-19-9-5-4-6-10-19)18(2)8-7-15-26(23)22(27)25-3/h4-6,9-12,16,18H,7-8,13-15H2,1-3H3,(H,25,27). The van der Waals surface area contributed by atoms with Crippen molar-refractivity contribution in [1.29, 1.82) is 0 Å². The van der Waals surface area contributed by atoms with E-state index in [2.05, 4.69) is 24.4 Å². The first-order valence-electron chi connectivity index (χ1n) is 9.79. The van der Waals surface area contributed by atoms with E-state index in [1.807, 2.05) is 36.1 Å². The Morgan fingerprint density at radius 3 is 2.67 bits per heavy atom. The molecule has 4 heteroatoms. The first kappa shape index (κ1) is 19.4. The first-order chi connectivity index (χ1) is 13.0. The molecule has 0 aromatic heterocycles. The highest BCUT2D eigenvalue weighted by atomic mass is 19.1. The molecular weight excluding hydrogens is 339 g/mol. The van der Waals surface area contributed by atoms with Crippen molar-refractivity contribution in [3.63, 3.8) is 0 Å². The van der Waals surface area contributed by atoms with Crippen LogP contribution in [0.5, 0.6) is 0 Å². The molecule has 0 bridgehead atoms. The molecule has 1 aliphatic rings. The summed E-state index contributed by atoms with van der Waals surface area (Å²) in [5, 5.41) is 2.82. The third-order valence-electron chi connectivity index (χ3n) is 6.07. The summed E-state index contributed by atoms with van der Waals surface area (Å²) < 4.78 is 13.8. The van der Waals surface area contributed by atoms with E-state index in [4.69, 9.17) is 0 Å². The molecule has 2 aromatic carbocycles. The van der Waals surface area contributed by atoms with Crippen LogP contribution < -0.4 is 5.32 Å². The Morgan fingerprint density at radius 1 is 1.26 bits per heavy atom. The van der Waals surface area contributed by atoms with Gasteiger partial charge in [-0.3, -0.25) is 0 Å². The van der Waals surface area contributed by atoms with E-state index in [9.17, 15) is 9.18 Å². The van der Waals surface area contributed by atoms with Crippen molar-refractivity contribution in [2.24, 2.45) is 5.92 Å². The van der Waals surface area contributed by atoms with Crippen molar-refractivity contribution >= 4 is 6.03 Å². The number of benzene rings is 2. The summed E-state index contributed by atoms with van der Waals surface area (Å²) in [6.07, 6.45) is 3.73. The van der Waals surface area contributed by atoms with Gasteiger partial charge in [0.1, 0.15) is 5.82 Å². The molecule has 27 heavy (non-hydrogen) atoms. The topological polar surface area (TPSA) is 32.3 Å². The molecule has 2 unspecified atom stereocenters. The van der Waals surface area contributed by atoms with Crippen LogP contribution in [0.1, 0.15) is 42.9 Å². The zero-order valence-electron chi connectivity index (χ0n) is 16.5. The molecule has 3 rings (SSSR count). The number of nitrogens with zero attached hydrogens (tertiary/aromatic N) is 1. The fourth-order valence-electron chi connectivity index (χ4n) is 4.70. The highest BCUT2D eigenvalue weighted by Crippen LogP contribution is 2.46. The van der Waals surface area contributed by atoms with Gasteiger partial charge in [-0.05, 0) is 67.3 Å². The van der Waals surface area contributed by atoms with Crippen LogP contribution in [-0.2, 0) is 12.0 Å². The summed E-state index contributed by atoms with van der Waals surface area (Å²) in [6.45, 7) is 4.89. The monoisotopic (exact) mass is 368 g/mol. The Bertz CT molecular complexity index is 792. The molecule has 1 aliphatic heterocycles. The molecule has 2 atom stereocenters. The van der Waals surface area contributed by atoms with E-state index >= 15 is 0 Å². The summed E-state index contributed by atoms with van der Waals surface area (Å²) >= 11 is 0. The van der Waals surface area contributed by atoms with Gasteiger partial charge in [0.05, 0.1) is 5.54 Å². The largest absolute Gasteiger partial charge is 0.341 e. The maximum Gasteiger partial charge on any atom is 0.317 e. The van der Waals surface area contributed by atoms with Gasteiger partial charge in [0.2, 0.25) is 0 Å². The van der Waals surface area contributed by atoms with Gasteiger partial charge >= 0.3 is 6.03 Å². The van der Waals surface area contributed by atoms with Crippen LogP contribution in [0.3, 0.4) is 0 Å². The number of hydrogen-bond acceptors (Lipinski definition) is 1. The van der Waals surface area contributed by atoms with Crippen LogP contribution in [0, 0.1) is 18.7 Å². The lowest BCUT2D eigenvalue weighted by atomic mass is 9.68. The average Bonchev–Trinajstić information content (AvgIpc) is 2.67. The smallest absolute Gasteiger partial charge is 0.317 e. The zero-order valence-corrected chi connectivity index (χ0v) is 16.5. The molecule has 1 saturated heterocycles. The maximum absolute atomic E-state index is 13.8. The van der Waals surface area contributed by atoms with Crippen molar-refractivity contribution in [3.05, 3.63) is 71.0 Å². The van der Waals surface area contributed by atoms with E-state index in [0.29, 0.717) is 0 Å². The fraction of sp³-hybridized carbons (Fsp3) is 0.435. The molecule has 1 N–H and O–H groups in total. The molecule has 0 radical (unpaired) electrons. The number of halogens is 1. The number of urea groups is 1. The quantitative estimate of drug-likeness (QED) is 0.806. The molecule has 1 heterocycles. The third-order valence-corrected chi connectivity index (χ3v) is 6.07. The average molecular weight is 368 g/mol. The Morgan fingerprint density at radius 2 is 2.00 bits per heavy atom. The summed E-state index contributed by atoms with van der Waals surface area (Å²) in [6, 6.07) is 15.3. The van der Waals surface area contributed by atoms with Crippen molar-refractivity contribution in [1.82, 2.24) is 10.2 Å². The van der Waals surface area contributed by atoms with Crippen molar-refractivity contribution in [3.8, 4) is 0 Å². The normalized spacial score (nSPS) is 22.5. The number of amides is 2. The van der Waals surface area contributed by atoms with Crippen LogP contribution in [0.2, 0.25) is 0 Å². The van der Waals surface area contributed by atoms with Crippen molar-refractivity contribution < 1.29 is 9.18 Å². The number of rotatable bonds is 4. The lowest BCUT2D eigenvalue weighted by Gasteiger charge is -2.52. The lowest BCUT2D eigenvalue weighted by molar-refractivity contribution is 0.0216. The fourth-order valence-corrected chi connectivity index (χ4v) is 4.70. The van der Waals surface area contributed by atoms with Gasteiger partial charge in [0.15, 0.2) is 0 Å². The van der Waals surface area contributed by atoms with Crippen LogP contribution in [0.25, 0.3) is 0 Å². The second-order valence-corrected chi connectivity index (χ2v) is 7.62. The number of carbonyl (C=O) groups is 1. The number of hydrogen-bond donors (Lipinski definition) is 1. The minimum atomic E-state index is -0.439. The van der Waals surface area contributed by atoms with E-state index in [1.54, 1.807) is 13.1 Å². The van der Waals surface area contributed by atoms with E-state index in [-0.39, 0.29) is 17.8 Å². The third kappa shape index (κ3) is 3.71. The highest BCUT2D eigenvalue weighted by Gasteiger charge is 2.47. The molecule has 0 aliphatic carbocycles. The minimum absolute atomic E-state index is 0.0571. The molecule has 0 spiro atoms. The Balaban J connectivity index is 2.09. The van der Waals surface area contributed by atoms with Crippen LogP contribution >= 0.6 is 0 Å². The van der Waals surface area contributed by atoms with E-state index < -0.39 is 5.54 Å². The van der Waals surface area contributed by atoms with Crippen LogP contribution in [-0.4, -0.2) is 24.5 Å². The summed E-state index contributed by atoms with van der Waals surface area (Å²) in [7, 11) is 1.68. The predicted octanol–water partition coefficient (Wildman–Crippen LogP) is 5.03. The molecule has 2 amide bonds. The Hall–Kier alpha value is -2.36. The zero-order chi connectivity index (χ0) is 19.4. The maximum atomic E-state index is 13.8. The molecule has 144 valence electrons. The highest BCUT2D eigenvalue weighted by molar-refractivity contribution is 5.75. The molecule has 3 nitrogen and oxygen atoms in total. The molecule has 2 aromatic rings. The lowest BCUT2D eigenvalue weighted by Crippen LogP contribution is -2.59. The summed E-state index contributed by atoms with van der Waals surface area (Å²) in [5.74, 6) is 0.0563. The number of likely N-dealkylation sites (tertiary alicyclic amines) is 1. The van der Waals surface area contributed by atoms with Crippen molar-refractivity contribution in [2.75, 3.05) is 13.6 Å². The van der Waals surface area contributed by atoms with Crippen molar-refractivity contribution in [2.45, 2.75) is 45.1 Å². The molecule has 0 saturated carbocycles. The summed E-state index contributed by atoms with van der Waals surface area (Å²) in [4.78, 5) is 14.8. The van der Waals surface area contributed by atoms with Crippen LogP contribution in [0.4, 0.5) is 9.18 Å². The second-order valence-electron chi connectivity index (χ2n) is 7.62. The van der Waals surface area contributed by atoms with E-state index in [0.717, 1.165) is 43.4 Å². The van der Waals surface area contributed by atoms with Gasteiger partial charge in [-0.25, -0.2) is 9.18 Å². The SMILES string of the molecule is CNC(=O)N1CCCC(C)C1(CCc1ccccc1)c1ccc(F)cc1C. The number of piperidine rings is 1. The molecule has 1 fully saturated rings. The number of carbonyl (C=O) groups excluding carboxylic acids is 1. The first-order valence-corrected chi connectivity index (χ1v) is 9.79. The number of nitrogens with one attached hydrogen (secondary N) is 1. The Kier molecular flexibility index (Phi) is 5.83. The summed E-state index contributed by atoms with van der Waals surface area (Å²) in [5.41, 5.74) is 2.79. The van der Waals surface area contributed by atoms with E-state index in [1.165, 1.54) is 11.6 Å². The van der Waals surface area contributed by atoms with Gasteiger partial charge in [-0.2, -0.15) is 0 Å². The Labute approximate surface area is 161 Å².